The minimum atomic E-state index is 0.0464. The fourth-order valence-corrected chi connectivity index (χ4v) is 2.94. The first-order valence-electron chi connectivity index (χ1n) is 7.77. The van der Waals surface area contributed by atoms with E-state index in [2.05, 4.69) is 20.6 Å². The molecule has 2 aromatic rings. The van der Waals surface area contributed by atoms with E-state index in [4.69, 9.17) is 0 Å². The first-order valence-corrected chi connectivity index (χ1v) is 7.77. The van der Waals surface area contributed by atoms with E-state index >= 15 is 0 Å². The molecule has 1 amide bonds. The zero-order chi connectivity index (χ0) is 15.7. The highest BCUT2D eigenvalue weighted by atomic mass is 16.2. The Morgan fingerprint density at radius 2 is 2.27 bits per heavy atom. The molecule has 1 aliphatic heterocycles. The van der Waals surface area contributed by atoms with Gasteiger partial charge < -0.3 is 10.2 Å². The number of carbonyl (C=O) groups excluding carboxylic acids is 1. The molecule has 0 radical (unpaired) electrons. The summed E-state index contributed by atoms with van der Waals surface area (Å²) in [6.07, 6.45) is 3.66. The molecule has 3 heterocycles. The van der Waals surface area contributed by atoms with Crippen LogP contribution in [0.5, 0.6) is 0 Å². The highest BCUT2D eigenvalue weighted by Gasteiger charge is 2.25. The number of hydrogen-bond acceptors (Lipinski definition) is 5. The summed E-state index contributed by atoms with van der Waals surface area (Å²) in [4.78, 5) is 14.1. The second kappa shape index (κ2) is 5.90. The topological polar surface area (TPSA) is 75.4 Å². The number of piperidine rings is 1. The molecule has 118 valence electrons. The smallest absolute Gasteiger partial charge is 0.225 e. The summed E-state index contributed by atoms with van der Waals surface area (Å²) in [7, 11) is 0. The van der Waals surface area contributed by atoms with Gasteiger partial charge in [0.2, 0.25) is 11.6 Å². The van der Waals surface area contributed by atoms with Crippen LogP contribution in [0.1, 0.15) is 32.4 Å². The van der Waals surface area contributed by atoms with Crippen molar-refractivity contribution in [3.05, 3.63) is 18.1 Å². The number of nitrogens with one attached hydrogen (secondary N) is 1. The van der Waals surface area contributed by atoms with Gasteiger partial charge >= 0.3 is 0 Å². The van der Waals surface area contributed by atoms with E-state index in [0.717, 1.165) is 43.0 Å². The molecule has 1 N–H and O–H groups in total. The van der Waals surface area contributed by atoms with E-state index < -0.39 is 0 Å². The second-order valence-electron chi connectivity index (χ2n) is 6.22. The molecule has 2 aromatic heterocycles. The summed E-state index contributed by atoms with van der Waals surface area (Å²) < 4.78 is 1.68. The molecule has 1 saturated heterocycles. The van der Waals surface area contributed by atoms with E-state index in [1.54, 1.807) is 10.8 Å². The van der Waals surface area contributed by atoms with Crippen LogP contribution in [0.2, 0.25) is 0 Å². The van der Waals surface area contributed by atoms with Crippen LogP contribution >= 0.6 is 0 Å². The Kier molecular flexibility index (Phi) is 3.96. The number of amides is 1. The zero-order valence-corrected chi connectivity index (χ0v) is 13.3. The van der Waals surface area contributed by atoms with E-state index in [9.17, 15) is 4.79 Å². The van der Waals surface area contributed by atoms with E-state index in [-0.39, 0.29) is 17.9 Å². The molecule has 0 aromatic carbocycles. The Morgan fingerprint density at radius 1 is 1.45 bits per heavy atom. The van der Waals surface area contributed by atoms with E-state index in [0.29, 0.717) is 0 Å². The Bertz CT molecular complexity index is 680. The molecule has 1 fully saturated rings. The summed E-state index contributed by atoms with van der Waals surface area (Å²) >= 11 is 0. The lowest BCUT2D eigenvalue weighted by Crippen LogP contribution is -2.46. The van der Waals surface area contributed by atoms with E-state index in [1.807, 2.05) is 31.7 Å². The number of hydrogen-bond donors (Lipinski definition) is 1. The maximum absolute atomic E-state index is 12.2. The highest BCUT2D eigenvalue weighted by molar-refractivity contribution is 5.78. The Morgan fingerprint density at radius 3 is 3.05 bits per heavy atom. The van der Waals surface area contributed by atoms with Gasteiger partial charge in [-0.1, -0.05) is 13.8 Å². The first kappa shape index (κ1) is 14.7. The quantitative estimate of drug-likeness (QED) is 0.929. The third-order valence-electron chi connectivity index (χ3n) is 3.98. The van der Waals surface area contributed by atoms with Crippen LogP contribution in [0.25, 0.3) is 5.65 Å². The minimum Gasteiger partial charge on any atom is -0.377 e. The number of fused-ring (bicyclic) bond motifs is 1. The summed E-state index contributed by atoms with van der Waals surface area (Å²) in [5.41, 5.74) is 2.55. The average Bonchev–Trinajstić information content (AvgIpc) is 2.95. The summed E-state index contributed by atoms with van der Waals surface area (Å²) in [5.74, 6) is 0.273. The van der Waals surface area contributed by atoms with Crippen molar-refractivity contribution in [3.63, 3.8) is 0 Å². The largest absolute Gasteiger partial charge is 0.377 e. The molecule has 1 atom stereocenters. The molecule has 7 heteroatoms. The number of likely N-dealkylation sites (tertiary alicyclic amines) is 1. The molecule has 0 aliphatic carbocycles. The van der Waals surface area contributed by atoms with Gasteiger partial charge in [-0.3, -0.25) is 4.79 Å². The van der Waals surface area contributed by atoms with Crippen LogP contribution in [0.15, 0.2) is 12.4 Å². The number of carbonyl (C=O) groups is 1. The maximum Gasteiger partial charge on any atom is 0.225 e. The lowest BCUT2D eigenvalue weighted by molar-refractivity contribution is -0.135. The molecular formula is C15H22N6O. The Balaban J connectivity index is 1.77. The first-order chi connectivity index (χ1) is 10.5. The number of aryl methyl sites for hydroxylation is 1. The van der Waals surface area contributed by atoms with Gasteiger partial charge in [0.15, 0.2) is 0 Å². The fraction of sp³-hybridized carbons (Fsp3) is 0.600. The van der Waals surface area contributed by atoms with Gasteiger partial charge in [-0.2, -0.15) is 9.61 Å². The summed E-state index contributed by atoms with van der Waals surface area (Å²) in [6.45, 7) is 7.43. The highest BCUT2D eigenvalue weighted by Crippen LogP contribution is 2.20. The van der Waals surface area contributed by atoms with Gasteiger partial charge in [0.1, 0.15) is 6.33 Å². The number of aromatic nitrogens is 4. The van der Waals surface area contributed by atoms with Crippen molar-refractivity contribution < 1.29 is 4.79 Å². The van der Waals surface area contributed by atoms with Gasteiger partial charge in [0, 0.05) is 25.0 Å². The number of rotatable bonds is 3. The van der Waals surface area contributed by atoms with Gasteiger partial charge in [0.05, 0.1) is 11.4 Å². The second-order valence-corrected chi connectivity index (χ2v) is 6.22. The van der Waals surface area contributed by atoms with Gasteiger partial charge in [-0.05, 0) is 25.8 Å². The molecule has 3 rings (SSSR count). The monoisotopic (exact) mass is 302 g/mol. The predicted octanol–water partition coefficient (Wildman–Crippen LogP) is 1.49. The molecule has 7 nitrogen and oxygen atoms in total. The molecule has 0 saturated carbocycles. The van der Waals surface area contributed by atoms with Crippen LogP contribution < -0.4 is 5.32 Å². The van der Waals surface area contributed by atoms with Crippen LogP contribution in [0.3, 0.4) is 0 Å². The van der Waals surface area contributed by atoms with Crippen LogP contribution in [-0.4, -0.2) is 49.7 Å². The lowest BCUT2D eigenvalue weighted by atomic mass is 10.0. The van der Waals surface area contributed by atoms with Crippen molar-refractivity contribution >= 4 is 17.2 Å². The normalized spacial score (nSPS) is 18.9. The minimum absolute atomic E-state index is 0.0464. The van der Waals surface area contributed by atoms with Crippen molar-refractivity contribution in [2.24, 2.45) is 5.92 Å². The number of anilines is 1. The molecule has 0 bridgehead atoms. The third-order valence-corrected chi connectivity index (χ3v) is 3.98. The van der Waals surface area contributed by atoms with Gasteiger partial charge in [-0.25, -0.2) is 0 Å². The van der Waals surface area contributed by atoms with Crippen molar-refractivity contribution in [3.8, 4) is 0 Å². The zero-order valence-electron chi connectivity index (χ0n) is 13.3. The van der Waals surface area contributed by atoms with Crippen molar-refractivity contribution in [1.82, 2.24) is 24.7 Å². The van der Waals surface area contributed by atoms with Crippen molar-refractivity contribution in [1.29, 1.82) is 0 Å². The molecule has 1 aliphatic rings. The van der Waals surface area contributed by atoms with Crippen LogP contribution in [0.4, 0.5) is 5.69 Å². The maximum atomic E-state index is 12.2. The molecule has 0 spiro atoms. The molecule has 22 heavy (non-hydrogen) atoms. The van der Waals surface area contributed by atoms with Crippen LogP contribution in [0, 0.1) is 12.8 Å². The molecule has 1 unspecified atom stereocenters. The van der Waals surface area contributed by atoms with Crippen LogP contribution in [-0.2, 0) is 4.79 Å². The summed E-state index contributed by atoms with van der Waals surface area (Å²) in [6, 6.07) is 2.21. The predicted molar refractivity (Wildman–Crippen MR) is 83.6 cm³/mol. The van der Waals surface area contributed by atoms with Gasteiger partial charge in [-0.15, -0.1) is 10.2 Å². The molecular weight excluding hydrogens is 280 g/mol. The Hall–Kier alpha value is -2.18. The fourth-order valence-electron chi connectivity index (χ4n) is 2.94. The van der Waals surface area contributed by atoms with Crippen molar-refractivity contribution in [2.45, 2.75) is 39.7 Å². The summed E-state index contributed by atoms with van der Waals surface area (Å²) in [5, 5.41) is 15.9. The van der Waals surface area contributed by atoms with E-state index in [1.165, 1.54) is 0 Å². The van der Waals surface area contributed by atoms with Crippen molar-refractivity contribution in [2.75, 3.05) is 18.4 Å². The standard InChI is InChI=1S/C15H22N6O/c1-10(2)15(22)20-6-4-5-12(8-20)17-13-7-11(3)19-21-9-16-18-14(13)21/h7,9-10,12,17H,4-6,8H2,1-3H3. The average molecular weight is 302 g/mol. The third kappa shape index (κ3) is 2.88. The van der Waals surface area contributed by atoms with Gasteiger partial charge in [0.25, 0.3) is 0 Å². The number of nitrogens with zero attached hydrogens (tertiary/aromatic N) is 5. The SMILES string of the molecule is Cc1cc(NC2CCCN(C(=O)C(C)C)C2)c2nncn2n1. The lowest BCUT2D eigenvalue weighted by Gasteiger charge is -2.34. The Labute approximate surface area is 129 Å².